The molecule has 2 heterocycles. The largest absolute Gasteiger partial charge is 0.497 e. The van der Waals surface area contributed by atoms with Gasteiger partial charge < -0.3 is 18.8 Å². The number of nitrogens with one attached hydrogen (secondary N) is 1. The van der Waals surface area contributed by atoms with E-state index in [4.69, 9.17) is 26.1 Å². The zero-order valence-corrected chi connectivity index (χ0v) is 15.0. The first-order valence-electron chi connectivity index (χ1n) is 8.31. The second kappa shape index (κ2) is 7.81. The van der Waals surface area contributed by atoms with Gasteiger partial charge in [0.05, 0.1) is 20.2 Å². The number of nitrogens with zero attached hydrogens (tertiary/aromatic N) is 2. The van der Waals surface area contributed by atoms with E-state index >= 15 is 0 Å². The molecule has 7 heteroatoms. The summed E-state index contributed by atoms with van der Waals surface area (Å²) in [5, 5.41) is 4.45. The van der Waals surface area contributed by atoms with Gasteiger partial charge in [-0.15, -0.1) is 5.10 Å². The average Bonchev–Trinajstić information content (AvgIpc) is 2.95. The van der Waals surface area contributed by atoms with Crippen molar-refractivity contribution in [3.8, 4) is 11.5 Å². The normalized spacial score (nSPS) is 20.8. The Morgan fingerprint density at radius 1 is 1.25 bits per heavy atom. The lowest BCUT2D eigenvalue weighted by Crippen LogP contribution is -3.12. The van der Waals surface area contributed by atoms with Gasteiger partial charge in [0.25, 0.3) is 10.7 Å². The molecule has 0 aliphatic carbocycles. The van der Waals surface area contributed by atoms with Gasteiger partial charge in [0.1, 0.15) is 11.5 Å². The molecule has 1 aliphatic rings. The molecule has 1 aromatic heterocycles. The van der Waals surface area contributed by atoms with E-state index in [1.165, 1.54) is 17.7 Å². The van der Waals surface area contributed by atoms with E-state index in [2.05, 4.69) is 12.0 Å². The minimum Gasteiger partial charge on any atom is -0.497 e. The molecule has 1 saturated heterocycles. The molecule has 6 nitrogen and oxygen atoms in total. The van der Waals surface area contributed by atoms with Crippen LogP contribution in [-0.2, 0) is 13.3 Å². The fourth-order valence-electron chi connectivity index (χ4n) is 2.86. The van der Waals surface area contributed by atoms with E-state index in [1.807, 2.05) is 24.3 Å². The minimum absolute atomic E-state index is 0.259. The second-order valence-electron chi connectivity index (χ2n) is 6.32. The molecule has 0 radical (unpaired) electrons. The van der Waals surface area contributed by atoms with Gasteiger partial charge in [0.2, 0.25) is 0 Å². The summed E-state index contributed by atoms with van der Waals surface area (Å²) in [7, 11) is 1.64. The number of hydrogen-bond donors (Lipinski definition) is 1. The zero-order chi connectivity index (χ0) is 16.9. The van der Waals surface area contributed by atoms with Crippen LogP contribution >= 0.6 is 12.2 Å². The van der Waals surface area contributed by atoms with Crippen LogP contribution < -0.4 is 14.4 Å². The number of aromatic nitrogens is 2. The third-order valence-corrected chi connectivity index (χ3v) is 4.72. The van der Waals surface area contributed by atoms with Crippen molar-refractivity contribution in [3.05, 3.63) is 35.0 Å². The Hall–Kier alpha value is -1.86. The lowest BCUT2D eigenvalue weighted by atomic mass is 10.00. The number of benzene rings is 1. The average molecular weight is 350 g/mol. The maximum absolute atomic E-state index is 5.69. The maximum atomic E-state index is 5.69. The van der Waals surface area contributed by atoms with Crippen molar-refractivity contribution in [2.24, 2.45) is 5.92 Å². The lowest BCUT2D eigenvalue weighted by molar-refractivity contribution is -0.929. The summed E-state index contributed by atoms with van der Waals surface area (Å²) >= 11 is 5.28. The van der Waals surface area contributed by atoms with Gasteiger partial charge in [-0.1, -0.05) is 6.92 Å². The van der Waals surface area contributed by atoms with E-state index in [-0.39, 0.29) is 6.61 Å². The smallest absolute Gasteiger partial charge is 0.291 e. The highest BCUT2D eigenvalue weighted by Crippen LogP contribution is 2.18. The summed E-state index contributed by atoms with van der Waals surface area (Å²) in [6, 6.07) is 7.40. The fraction of sp³-hybridized carbons (Fsp3) is 0.529. The second-order valence-corrected chi connectivity index (χ2v) is 6.67. The summed E-state index contributed by atoms with van der Waals surface area (Å²) in [4.78, 5) is 1.91. The van der Waals surface area contributed by atoms with Crippen LogP contribution in [0.2, 0.25) is 0 Å². The molecule has 0 bridgehead atoms. The molecule has 130 valence electrons. The van der Waals surface area contributed by atoms with Crippen LogP contribution in [0, 0.1) is 10.8 Å². The Bertz CT molecular complexity index is 703. The molecule has 24 heavy (non-hydrogen) atoms. The Kier molecular flexibility index (Phi) is 5.52. The summed E-state index contributed by atoms with van der Waals surface area (Å²) in [6.45, 7) is 5.65. The number of rotatable bonds is 6. The highest BCUT2D eigenvalue weighted by Gasteiger charge is 2.20. The summed E-state index contributed by atoms with van der Waals surface area (Å²) in [5.74, 6) is 2.86. The monoisotopic (exact) mass is 350 g/mol. The van der Waals surface area contributed by atoms with Crippen molar-refractivity contribution in [1.82, 2.24) is 9.78 Å². The van der Waals surface area contributed by atoms with Gasteiger partial charge in [0, 0.05) is 0 Å². The first-order valence-corrected chi connectivity index (χ1v) is 8.72. The summed E-state index contributed by atoms with van der Waals surface area (Å²) in [5.41, 5.74) is 0. The number of ether oxygens (including phenoxy) is 2. The number of likely N-dealkylation sites (tertiary alicyclic amines) is 1. The van der Waals surface area contributed by atoms with Crippen LogP contribution in [0.15, 0.2) is 28.7 Å². The number of quaternary nitrogens is 1. The van der Waals surface area contributed by atoms with Crippen LogP contribution in [0.5, 0.6) is 11.5 Å². The van der Waals surface area contributed by atoms with Crippen LogP contribution in [0.4, 0.5) is 0 Å². The third kappa shape index (κ3) is 4.36. The van der Waals surface area contributed by atoms with Gasteiger partial charge in [0.15, 0.2) is 13.3 Å². The Labute approximate surface area is 147 Å². The lowest BCUT2D eigenvalue weighted by Gasteiger charge is -2.26. The molecule has 0 amide bonds. The highest BCUT2D eigenvalue weighted by atomic mass is 32.1. The number of methoxy groups -OCH3 is 1. The van der Waals surface area contributed by atoms with E-state index in [0.717, 1.165) is 37.2 Å². The zero-order valence-electron chi connectivity index (χ0n) is 14.2. The standard InChI is InChI=1S/C17H23N3O3S/c1-13-7-9-19(10-8-13)12-20-17(24)23-16(18-20)11-22-15-5-3-14(21-2)4-6-15/h3-6,13H,7-12H2,1-2H3/p+1. The molecule has 0 unspecified atom stereocenters. The van der Waals surface area contributed by atoms with Crippen LogP contribution in [0.3, 0.4) is 0 Å². The van der Waals surface area contributed by atoms with Crippen LogP contribution in [0.1, 0.15) is 25.7 Å². The Morgan fingerprint density at radius 3 is 2.58 bits per heavy atom. The van der Waals surface area contributed by atoms with Gasteiger partial charge in [-0.3, -0.25) is 0 Å². The van der Waals surface area contributed by atoms with Crippen LogP contribution in [-0.4, -0.2) is 30.0 Å². The SMILES string of the molecule is COc1ccc(OCc2nn(C[NH+]3CCC(C)CC3)c(=S)o2)cc1. The number of hydrogen-bond acceptors (Lipinski definition) is 5. The molecule has 2 aromatic rings. The Morgan fingerprint density at radius 2 is 1.92 bits per heavy atom. The van der Waals surface area contributed by atoms with E-state index in [1.54, 1.807) is 11.8 Å². The highest BCUT2D eigenvalue weighted by molar-refractivity contribution is 7.71. The quantitative estimate of drug-likeness (QED) is 0.809. The number of piperidine rings is 1. The first-order chi connectivity index (χ1) is 11.6. The van der Waals surface area contributed by atoms with Crippen molar-refractivity contribution in [3.63, 3.8) is 0 Å². The van der Waals surface area contributed by atoms with Crippen molar-refractivity contribution >= 4 is 12.2 Å². The summed E-state index contributed by atoms with van der Waals surface area (Å²) < 4.78 is 18.1. The van der Waals surface area contributed by atoms with Crippen molar-refractivity contribution in [2.45, 2.75) is 33.0 Å². The molecular formula is C17H24N3O3S+. The topological polar surface area (TPSA) is 53.9 Å². The van der Waals surface area contributed by atoms with E-state index in [0.29, 0.717) is 10.7 Å². The van der Waals surface area contributed by atoms with Gasteiger partial charge >= 0.3 is 0 Å². The predicted molar refractivity (Wildman–Crippen MR) is 91.7 cm³/mol. The molecular weight excluding hydrogens is 326 g/mol. The third-order valence-electron chi connectivity index (χ3n) is 4.42. The van der Waals surface area contributed by atoms with Gasteiger partial charge in [-0.25, -0.2) is 0 Å². The molecule has 1 N–H and O–H groups in total. The molecule has 3 rings (SSSR count). The first kappa shape index (κ1) is 17.0. The molecule has 0 saturated carbocycles. The van der Waals surface area contributed by atoms with Crippen molar-refractivity contribution in [2.75, 3.05) is 20.2 Å². The minimum atomic E-state index is 0.259. The van der Waals surface area contributed by atoms with Gasteiger partial charge in [-0.05, 0) is 55.2 Å². The predicted octanol–water partition coefficient (Wildman–Crippen LogP) is 2.07. The summed E-state index contributed by atoms with van der Waals surface area (Å²) in [6.07, 6.45) is 2.52. The molecule has 1 aliphatic heterocycles. The molecule has 1 aromatic carbocycles. The van der Waals surface area contributed by atoms with Gasteiger partial charge in [-0.2, -0.15) is 4.68 Å². The van der Waals surface area contributed by atoms with Crippen molar-refractivity contribution in [1.29, 1.82) is 0 Å². The molecule has 0 spiro atoms. The van der Waals surface area contributed by atoms with Crippen molar-refractivity contribution < 1.29 is 18.8 Å². The van der Waals surface area contributed by atoms with Crippen LogP contribution in [0.25, 0.3) is 0 Å². The maximum Gasteiger partial charge on any atom is 0.291 e. The fourth-order valence-corrected chi connectivity index (χ4v) is 3.07. The molecule has 0 atom stereocenters. The Balaban J connectivity index is 1.56. The molecule has 1 fully saturated rings. The van der Waals surface area contributed by atoms with E-state index < -0.39 is 0 Å². The van der Waals surface area contributed by atoms with E-state index in [9.17, 15) is 0 Å².